The van der Waals surface area contributed by atoms with Crippen LogP contribution in [0.25, 0.3) is 21.9 Å². The lowest BCUT2D eigenvalue weighted by Gasteiger charge is -2.07. The maximum absolute atomic E-state index is 9.51. The Hall–Kier alpha value is -2.95. The van der Waals surface area contributed by atoms with Crippen molar-refractivity contribution >= 4 is 23.4 Å². The Balaban J connectivity index is 1.60. The summed E-state index contributed by atoms with van der Waals surface area (Å²) in [6.45, 7) is 0.589. The first kappa shape index (κ1) is 16.5. The smallest absolute Gasteiger partial charge is 0.423 e. The van der Waals surface area contributed by atoms with Crippen LogP contribution < -0.4 is 10.0 Å². The predicted molar refractivity (Wildman–Crippen MR) is 105 cm³/mol. The highest BCUT2D eigenvalue weighted by Gasteiger charge is 2.17. The van der Waals surface area contributed by atoms with Gasteiger partial charge in [-0.2, -0.15) is 0 Å². The fourth-order valence-corrected chi connectivity index (χ4v) is 3.25. The highest BCUT2D eigenvalue weighted by atomic mass is 16.4. The third-order valence-electron chi connectivity index (χ3n) is 4.66. The molecule has 3 nitrogen and oxygen atoms in total. The van der Waals surface area contributed by atoms with Crippen molar-refractivity contribution < 1.29 is 14.6 Å². The Kier molecular flexibility index (Phi) is 4.52. The molecule has 0 radical (unpaired) electrons. The molecule has 4 heteroatoms. The fourth-order valence-electron chi connectivity index (χ4n) is 3.25. The van der Waals surface area contributed by atoms with Gasteiger partial charge < -0.3 is 10.0 Å². The second-order valence-corrected chi connectivity index (χ2v) is 6.39. The quantitative estimate of drug-likeness (QED) is 0.443. The van der Waals surface area contributed by atoms with E-state index < -0.39 is 7.12 Å². The average Bonchev–Trinajstić information content (AvgIpc) is 2.68. The van der Waals surface area contributed by atoms with Crippen LogP contribution in [-0.2, 0) is 6.54 Å². The number of hydrogen-bond acceptors (Lipinski definition) is 2. The van der Waals surface area contributed by atoms with Crippen LogP contribution in [0.15, 0.2) is 91.3 Å². The second-order valence-electron chi connectivity index (χ2n) is 6.39. The Morgan fingerprint density at radius 2 is 1.38 bits per heavy atom. The molecule has 0 saturated heterocycles. The van der Waals surface area contributed by atoms with Gasteiger partial charge in [-0.05, 0) is 33.4 Å². The van der Waals surface area contributed by atoms with Crippen molar-refractivity contribution in [3.8, 4) is 11.1 Å². The van der Waals surface area contributed by atoms with Crippen molar-refractivity contribution in [2.75, 3.05) is 0 Å². The van der Waals surface area contributed by atoms with Crippen molar-refractivity contribution in [3.05, 3.63) is 96.8 Å². The first-order chi connectivity index (χ1) is 12.7. The topological polar surface area (TPSA) is 44.3 Å². The highest BCUT2D eigenvalue weighted by molar-refractivity contribution is 6.59. The number of fused-ring (bicyclic) bond motifs is 1. The van der Waals surface area contributed by atoms with Crippen molar-refractivity contribution in [1.29, 1.82) is 0 Å². The summed E-state index contributed by atoms with van der Waals surface area (Å²) in [6, 6.07) is 26.4. The molecule has 26 heavy (non-hydrogen) atoms. The van der Waals surface area contributed by atoms with Gasteiger partial charge in [0.05, 0.1) is 0 Å². The molecule has 2 N–H and O–H groups in total. The van der Waals surface area contributed by atoms with Crippen LogP contribution in [-0.4, -0.2) is 17.2 Å². The molecule has 0 bridgehead atoms. The number of aromatic nitrogens is 1. The maximum atomic E-state index is 9.51. The molecule has 0 atom stereocenters. The van der Waals surface area contributed by atoms with Crippen molar-refractivity contribution in [2.24, 2.45) is 0 Å². The number of benzene rings is 3. The molecule has 0 saturated carbocycles. The summed E-state index contributed by atoms with van der Waals surface area (Å²) in [7, 11) is -1.45. The van der Waals surface area contributed by atoms with Gasteiger partial charge in [-0.15, -0.1) is 0 Å². The van der Waals surface area contributed by atoms with Gasteiger partial charge in [0.25, 0.3) is 0 Å². The lowest BCUT2D eigenvalue weighted by atomic mass is 9.77. The third kappa shape index (κ3) is 3.38. The third-order valence-corrected chi connectivity index (χ3v) is 4.66. The van der Waals surface area contributed by atoms with Gasteiger partial charge >= 0.3 is 7.12 Å². The molecule has 1 aromatic heterocycles. The van der Waals surface area contributed by atoms with E-state index in [1.54, 1.807) is 6.07 Å². The fraction of sp³-hybridized carbons (Fsp3) is 0.0455. The van der Waals surface area contributed by atoms with E-state index in [9.17, 15) is 10.0 Å². The SMILES string of the molecule is OB(O)c1ccccc1C[n+]1ccc(-c2ccc3ccccc3c2)cc1. The summed E-state index contributed by atoms with van der Waals surface area (Å²) in [5.41, 5.74) is 3.77. The second kappa shape index (κ2) is 7.12. The van der Waals surface area contributed by atoms with Gasteiger partial charge in [-0.1, -0.05) is 60.7 Å². The van der Waals surface area contributed by atoms with Gasteiger partial charge in [0.1, 0.15) is 0 Å². The van der Waals surface area contributed by atoms with Crippen LogP contribution >= 0.6 is 0 Å². The van der Waals surface area contributed by atoms with Gasteiger partial charge in [0.2, 0.25) is 0 Å². The molecule has 4 rings (SSSR count). The molecule has 0 aliphatic rings. The summed E-state index contributed by atoms with van der Waals surface area (Å²) in [6.07, 6.45) is 4.04. The van der Waals surface area contributed by atoms with E-state index in [1.165, 1.54) is 16.3 Å². The molecule has 3 aromatic carbocycles. The summed E-state index contributed by atoms with van der Waals surface area (Å²) < 4.78 is 2.03. The van der Waals surface area contributed by atoms with E-state index in [2.05, 4.69) is 54.6 Å². The molecule has 4 aromatic rings. The summed E-state index contributed by atoms with van der Waals surface area (Å²) in [4.78, 5) is 0. The van der Waals surface area contributed by atoms with Gasteiger partial charge in [-0.25, -0.2) is 4.57 Å². The molecule has 126 valence electrons. The lowest BCUT2D eigenvalue weighted by molar-refractivity contribution is -0.688. The molecule has 0 fully saturated rings. The van der Waals surface area contributed by atoms with E-state index in [0.717, 1.165) is 11.1 Å². The van der Waals surface area contributed by atoms with E-state index in [0.29, 0.717) is 12.0 Å². The molecule has 0 aliphatic heterocycles. The molecule has 1 heterocycles. The van der Waals surface area contributed by atoms with Gasteiger partial charge in [-0.3, -0.25) is 0 Å². The first-order valence-electron chi connectivity index (χ1n) is 8.63. The molecule has 0 spiro atoms. The Labute approximate surface area is 153 Å². The minimum absolute atomic E-state index is 0.540. The molecule has 0 amide bonds. The van der Waals surface area contributed by atoms with Crippen LogP contribution in [0.4, 0.5) is 0 Å². The number of rotatable bonds is 4. The average molecular weight is 340 g/mol. The zero-order chi connectivity index (χ0) is 17.9. The summed E-state index contributed by atoms with van der Waals surface area (Å²) in [5.74, 6) is 0. The minimum Gasteiger partial charge on any atom is -0.423 e. The Bertz CT molecular complexity index is 1050. The molecule has 0 unspecified atom stereocenters. The zero-order valence-electron chi connectivity index (χ0n) is 14.3. The summed E-state index contributed by atoms with van der Waals surface area (Å²) in [5, 5.41) is 21.5. The summed E-state index contributed by atoms with van der Waals surface area (Å²) >= 11 is 0. The predicted octanol–water partition coefficient (Wildman–Crippen LogP) is 2.52. The van der Waals surface area contributed by atoms with E-state index in [4.69, 9.17) is 0 Å². The van der Waals surface area contributed by atoms with Crippen LogP contribution in [0, 0.1) is 0 Å². The number of hydrogen-bond donors (Lipinski definition) is 2. The Morgan fingerprint density at radius 3 is 2.15 bits per heavy atom. The number of pyridine rings is 1. The largest absolute Gasteiger partial charge is 0.488 e. The van der Waals surface area contributed by atoms with Gasteiger partial charge in [0, 0.05) is 17.7 Å². The lowest BCUT2D eigenvalue weighted by Crippen LogP contribution is -2.40. The standard InChI is InChI=1S/C22H19BNO2/c25-23(26)22-8-4-3-7-21(22)16-24-13-11-18(12-14-24)20-10-9-17-5-1-2-6-19(17)15-20/h1-15,25-26H,16H2/q+1. The van der Waals surface area contributed by atoms with E-state index in [1.807, 2.05) is 35.2 Å². The van der Waals surface area contributed by atoms with Crippen molar-refractivity contribution in [3.63, 3.8) is 0 Å². The number of nitrogens with zero attached hydrogens (tertiary/aromatic N) is 1. The molecule has 0 aliphatic carbocycles. The van der Waals surface area contributed by atoms with Crippen LogP contribution in [0.3, 0.4) is 0 Å². The van der Waals surface area contributed by atoms with Crippen LogP contribution in [0.2, 0.25) is 0 Å². The highest BCUT2D eigenvalue weighted by Crippen LogP contribution is 2.23. The van der Waals surface area contributed by atoms with E-state index >= 15 is 0 Å². The molecular weight excluding hydrogens is 321 g/mol. The normalized spacial score (nSPS) is 10.8. The zero-order valence-corrected chi connectivity index (χ0v) is 14.3. The monoisotopic (exact) mass is 340 g/mol. The first-order valence-corrected chi connectivity index (χ1v) is 8.63. The Morgan fingerprint density at radius 1 is 0.692 bits per heavy atom. The van der Waals surface area contributed by atoms with Gasteiger partial charge in [0.15, 0.2) is 18.9 Å². The van der Waals surface area contributed by atoms with Crippen LogP contribution in [0.5, 0.6) is 0 Å². The van der Waals surface area contributed by atoms with Crippen LogP contribution in [0.1, 0.15) is 5.56 Å². The minimum atomic E-state index is -1.45. The molecular formula is C22H19BNO2+. The van der Waals surface area contributed by atoms with E-state index in [-0.39, 0.29) is 0 Å². The maximum Gasteiger partial charge on any atom is 0.488 e. The van der Waals surface area contributed by atoms with Crippen molar-refractivity contribution in [2.45, 2.75) is 6.54 Å². The van der Waals surface area contributed by atoms with Crippen molar-refractivity contribution in [1.82, 2.24) is 0 Å².